The minimum Gasteiger partial charge on any atom is -0.347 e. The van der Waals surface area contributed by atoms with E-state index < -0.39 is 0 Å². The topological polar surface area (TPSA) is 40.7 Å². The molecule has 2 N–H and O–H groups in total. The number of nitrogens with one attached hydrogen (secondary N) is 2. The van der Waals surface area contributed by atoms with E-state index in [9.17, 15) is 0 Å². The zero-order valence-corrected chi connectivity index (χ0v) is 11.2. The summed E-state index contributed by atoms with van der Waals surface area (Å²) in [6.45, 7) is 0.807. The van der Waals surface area contributed by atoms with E-state index in [0.29, 0.717) is 0 Å². The second-order valence-corrected chi connectivity index (χ2v) is 4.68. The molecule has 1 heterocycles. The first-order valence-electron chi connectivity index (χ1n) is 6.75. The van der Waals surface area contributed by atoms with Gasteiger partial charge in [-0.2, -0.15) is 0 Å². The lowest BCUT2D eigenvalue weighted by atomic mass is 10.1. The average Bonchev–Trinajstić information content (AvgIpc) is 3.04. The molecule has 0 fully saturated rings. The quantitative estimate of drug-likeness (QED) is 0.741. The Balaban J connectivity index is 1.80. The van der Waals surface area contributed by atoms with Gasteiger partial charge in [0.2, 0.25) is 0 Å². The summed E-state index contributed by atoms with van der Waals surface area (Å²) in [5, 5.41) is 3.56. The Bertz CT molecular complexity index is 618. The van der Waals surface area contributed by atoms with Crippen molar-refractivity contribution < 1.29 is 0 Å². The van der Waals surface area contributed by atoms with E-state index in [2.05, 4.69) is 63.8 Å². The van der Waals surface area contributed by atoms with Gasteiger partial charge >= 0.3 is 0 Å². The number of benzene rings is 2. The molecule has 0 amide bonds. The normalized spacial score (nSPS) is 12.2. The third kappa shape index (κ3) is 2.95. The fraction of sp³-hybridized carbons (Fsp3) is 0.118. The van der Waals surface area contributed by atoms with Gasteiger partial charge in [-0.1, -0.05) is 60.7 Å². The second kappa shape index (κ2) is 6.17. The summed E-state index contributed by atoms with van der Waals surface area (Å²) in [6.07, 6.45) is 3.64. The number of H-pyrrole nitrogens is 1. The summed E-state index contributed by atoms with van der Waals surface area (Å²) >= 11 is 0. The van der Waals surface area contributed by atoms with E-state index in [1.165, 1.54) is 11.1 Å². The maximum atomic E-state index is 4.39. The summed E-state index contributed by atoms with van der Waals surface area (Å²) < 4.78 is 0. The van der Waals surface area contributed by atoms with Crippen LogP contribution in [-0.4, -0.2) is 9.97 Å². The zero-order valence-electron chi connectivity index (χ0n) is 11.2. The first-order chi connectivity index (χ1) is 9.93. The maximum absolute atomic E-state index is 4.39. The lowest BCUT2D eigenvalue weighted by molar-refractivity contribution is 0.581. The molecule has 0 spiro atoms. The molecule has 1 atom stereocenters. The summed E-state index contributed by atoms with van der Waals surface area (Å²) in [5.74, 6) is 0.937. The van der Waals surface area contributed by atoms with Crippen LogP contribution in [0.15, 0.2) is 73.1 Å². The summed E-state index contributed by atoms with van der Waals surface area (Å²) in [5.41, 5.74) is 2.47. The molecule has 0 aliphatic heterocycles. The Hall–Kier alpha value is -2.39. The highest BCUT2D eigenvalue weighted by Gasteiger charge is 2.15. The van der Waals surface area contributed by atoms with Crippen molar-refractivity contribution in [1.29, 1.82) is 0 Å². The fourth-order valence-corrected chi connectivity index (χ4v) is 2.27. The molecule has 3 aromatic rings. The van der Waals surface area contributed by atoms with Gasteiger partial charge in [0.1, 0.15) is 5.82 Å². The van der Waals surface area contributed by atoms with E-state index in [1.54, 1.807) is 6.20 Å². The fourth-order valence-electron chi connectivity index (χ4n) is 2.27. The van der Waals surface area contributed by atoms with Crippen molar-refractivity contribution in [3.8, 4) is 0 Å². The Morgan fingerprint density at radius 2 is 1.65 bits per heavy atom. The number of imidazole rings is 1. The first kappa shape index (κ1) is 12.6. The van der Waals surface area contributed by atoms with Crippen molar-refractivity contribution in [3.05, 3.63) is 90.0 Å². The molecule has 100 valence electrons. The van der Waals surface area contributed by atoms with Crippen LogP contribution in [0.5, 0.6) is 0 Å². The third-order valence-electron chi connectivity index (χ3n) is 3.28. The third-order valence-corrected chi connectivity index (χ3v) is 3.28. The minimum atomic E-state index is 0.0754. The highest BCUT2D eigenvalue weighted by atomic mass is 15.0. The first-order valence-corrected chi connectivity index (χ1v) is 6.75. The van der Waals surface area contributed by atoms with Crippen LogP contribution in [-0.2, 0) is 6.54 Å². The molecule has 20 heavy (non-hydrogen) atoms. The highest BCUT2D eigenvalue weighted by molar-refractivity contribution is 5.25. The van der Waals surface area contributed by atoms with Crippen LogP contribution in [0, 0.1) is 0 Å². The number of aromatic amines is 1. The summed E-state index contributed by atoms with van der Waals surface area (Å²) in [6, 6.07) is 20.8. The van der Waals surface area contributed by atoms with Crippen molar-refractivity contribution in [3.63, 3.8) is 0 Å². The average molecular weight is 263 g/mol. The molecule has 0 radical (unpaired) electrons. The van der Waals surface area contributed by atoms with Crippen molar-refractivity contribution in [2.75, 3.05) is 0 Å². The number of aromatic nitrogens is 2. The van der Waals surface area contributed by atoms with Crippen LogP contribution >= 0.6 is 0 Å². The van der Waals surface area contributed by atoms with E-state index in [4.69, 9.17) is 0 Å². The standard InChI is InChI=1S/C17H17N3/c1-3-7-14(8-4-1)13-20-16(17-18-11-12-19-17)15-9-5-2-6-10-15/h1-12,16,20H,13H2,(H,18,19). The van der Waals surface area contributed by atoms with Gasteiger partial charge in [0.15, 0.2) is 0 Å². The molecule has 0 saturated carbocycles. The van der Waals surface area contributed by atoms with Crippen molar-refractivity contribution in [1.82, 2.24) is 15.3 Å². The molecule has 0 aliphatic carbocycles. The molecule has 3 rings (SSSR count). The highest BCUT2D eigenvalue weighted by Crippen LogP contribution is 2.19. The monoisotopic (exact) mass is 263 g/mol. The molecular formula is C17H17N3. The minimum absolute atomic E-state index is 0.0754. The van der Waals surface area contributed by atoms with E-state index in [1.807, 2.05) is 18.3 Å². The number of nitrogens with zero attached hydrogens (tertiary/aromatic N) is 1. The molecule has 3 heteroatoms. The number of hydrogen-bond acceptors (Lipinski definition) is 2. The molecule has 2 aromatic carbocycles. The van der Waals surface area contributed by atoms with Crippen molar-refractivity contribution >= 4 is 0 Å². The van der Waals surface area contributed by atoms with Crippen LogP contribution in [0.3, 0.4) is 0 Å². The molecular weight excluding hydrogens is 246 g/mol. The Kier molecular flexibility index (Phi) is 3.90. The van der Waals surface area contributed by atoms with Crippen LogP contribution in [0.1, 0.15) is 23.0 Å². The molecule has 0 bridgehead atoms. The zero-order chi connectivity index (χ0) is 13.6. The second-order valence-electron chi connectivity index (χ2n) is 4.68. The molecule has 1 unspecified atom stereocenters. The van der Waals surface area contributed by atoms with Gasteiger partial charge in [-0.05, 0) is 11.1 Å². The summed E-state index contributed by atoms with van der Waals surface area (Å²) in [4.78, 5) is 7.59. The smallest absolute Gasteiger partial charge is 0.127 e. The Morgan fingerprint density at radius 1 is 0.950 bits per heavy atom. The van der Waals surface area contributed by atoms with Crippen LogP contribution in [0.4, 0.5) is 0 Å². The summed E-state index contributed by atoms with van der Waals surface area (Å²) in [7, 11) is 0. The molecule has 3 nitrogen and oxygen atoms in total. The van der Waals surface area contributed by atoms with E-state index >= 15 is 0 Å². The van der Waals surface area contributed by atoms with Gasteiger partial charge in [0, 0.05) is 18.9 Å². The SMILES string of the molecule is c1ccc(CNC(c2ccccc2)c2ncc[nH]2)cc1. The van der Waals surface area contributed by atoms with Gasteiger partial charge < -0.3 is 4.98 Å². The van der Waals surface area contributed by atoms with E-state index in [-0.39, 0.29) is 6.04 Å². The Morgan fingerprint density at radius 3 is 2.30 bits per heavy atom. The molecule has 1 aromatic heterocycles. The van der Waals surface area contributed by atoms with Gasteiger partial charge in [0.05, 0.1) is 6.04 Å². The maximum Gasteiger partial charge on any atom is 0.127 e. The van der Waals surface area contributed by atoms with Gasteiger partial charge in [-0.3, -0.25) is 5.32 Å². The van der Waals surface area contributed by atoms with Gasteiger partial charge in [-0.25, -0.2) is 4.98 Å². The number of rotatable bonds is 5. The van der Waals surface area contributed by atoms with Crippen molar-refractivity contribution in [2.45, 2.75) is 12.6 Å². The lowest BCUT2D eigenvalue weighted by Crippen LogP contribution is -2.23. The molecule has 0 saturated heterocycles. The van der Waals surface area contributed by atoms with E-state index in [0.717, 1.165) is 12.4 Å². The largest absolute Gasteiger partial charge is 0.347 e. The predicted octanol–water partition coefficient (Wildman–Crippen LogP) is 3.29. The van der Waals surface area contributed by atoms with Gasteiger partial charge in [-0.15, -0.1) is 0 Å². The van der Waals surface area contributed by atoms with Crippen LogP contribution in [0.2, 0.25) is 0 Å². The Labute approximate surface area is 118 Å². The predicted molar refractivity (Wildman–Crippen MR) is 80.2 cm³/mol. The van der Waals surface area contributed by atoms with Crippen molar-refractivity contribution in [2.24, 2.45) is 0 Å². The van der Waals surface area contributed by atoms with Crippen LogP contribution in [0.25, 0.3) is 0 Å². The number of hydrogen-bond donors (Lipinski definition) is 2. The lowest BCUT2D eigenvalue weighted by Gasteiger charge is -2.17. The van der Waals surface area contributed by atoms with Gasteiger partial charge in [0.25, 0.3) is 0 Å². The van der Waals surface area contributed by atoms with Crippen LogP contribution < -0.4 is 5.32 Å². The molecule has 0 aliphatic rings.